The number of pyridine rings is 1. The second kappa shape index (κ2) is 2.52. The molecule has 12 heavy (non-hydrogen) atoms. The van der Waals surface area contributed by atoms with Gasteiger partial charge in [-0.25, -0.2) is 4.98 Å². The molecule has 0 radical (unpaired) electrons. The SMILES string of the molecule is COc1cn2cncc2cc1C. The Labute approximate surface area is 70.6 Å². The summed E-state index contributed by atoms with van der Waals surface area (Å²) in [6.07, 6.45) is 5.52. The van der Waals surface area contributed by atoms with E-state index in [1.165, 1.54) is 0 Å². The van der Waals surface area contributed by atoms with Crippen molar-refractivity contribution in [2.45, 2.75) is 6.92 Å². The number of nitrogens with zero attached hydrogens (tertiary/aromatic N) is 2. The van der Waals surface area contributed by atoms with Gasteiger partial charge in [0.1, 0.15) is 5.75 Å². The Morgan fingerprint density at radius 1 is 1.50 bits per heavy atom. The first-order chi connectivity index (χ1) is 5.81. The Hall–Kier alpha value is -1.51. The molecule has 3 nitrogen and oxygen atoms in total. The monoisotopic (exact) mass is 162 g/mol. The van der Waals surface area contributed by atoms with Gasteiger partial charge in [-0.05, 0) is 18.6 Å². The van der Waals surface area contributed by atoms with E-state index in [9.17, 15) is 0 Å². The number of imidazole rings is 1. The largest absolute Gasteiger partial charge is 0.495 e. The average molecular weight is 162 g/mol. The quantitative estimate of drug-likeness (QED) is 0.637. The Morgan fingerprint density at radius 2 is 2.33 bits per heavy atom. The molecule has 2 rings (SSSR count). The lowest BCUT2D eigenvalue weighted by atomic mass is 10.2. The van der Waals surface area contributed by atoms with Crippen LogP contribution in [0, 0.1) is 6.92 Å². The van der Waals surface area contributed by atoms with Crippen LogP contribution in [0.15, 0.2) is 24.8 Å². The zero-order valence-electron chi connectivity index (χ0n) is 7.11. The minimum absolute atomic E-state index is 0.889. The van der Waals surface area contributed by atoms with Gasteiger partial charge in [0, 0.05) is 0 Å². The average Bonchev–Trinajstić information content (AvgIpc) is 2.49. The number of fused-ring (bicyclic) bond motifs is 1. The highest BCUT2D eigenvalue weighted by atomic mass is 16.5. The van der Waals surface area contributed by atoms with Gasteiger partial charge in [0.2, 0.25) is 0 Å². The van der Waals surface area contributed by atoms with Crippen molar-refractivity contribution >= 4 is 5.52 Å². The third-order valence-corrected chi connectivity index (χ3v) is 1.93. The molecule has 0 amide bonds. The molecule has 0 unspecified atom stereocenters. The molecule has 0 saturated carbocycles. The molecule has 2 aromatic rings. The minimum atomic E-state index is 0.889. The summed E-state index contributed by atoms with van der Waals surface area (Å²) < 4.78 is 7.11. The van der Waals surface area contributed by atoms with Crippen LogP contribution in [0.3, 0.4) is 0 Å². The number of aryl methyl sites for hydroxylation is 1. The maximum Gasteiger partial charge on any atom is 0.138 e. The molecule has 0 bridgehead atoms. The topological polar surface area (TPSA) is 26.5 Å². The first-order valence-corrected chi connectivity index (χ1v) is 3.77. The van der Waals surface area contributed by atoms with Crippen LogP contribution in [0.25, 0.3) is 5.52 Å². The maximum absolute atomic E-state index is 5.17. The van der Waals surface area contributed by atoms with Crippen LogP contribution in [0.2, 0.25) is 0 Å². The van der Waals surface area contributed by atoms with Crippen LogP contribution < -0.4 is 4.74 Å². The van der Waals surface area contributed by atoms with Crippen LogP contribution in [-0.4, -0.2) is 16.5 Å². The second-order valence-corrected chi connectivity index (χ2v) is 2.75. The summed E-state index contributed by atoms with van der Waals surface area (Å²) in [5, 5.41) is 0. The highest BCUT2D eigenvalue weighted by molar-refractivity contribution is 5.50. The fraction of sp³-hybridized carbons (Fsp3) is 0.222. The highest BCUT2D eigenvalue weighted by Gasteiger charge is 2.00. The molecule has 0 aromatic carbocycles. The Balaban J connectivity index is 2.73. The maximum atomic E-state index is 5.17. The first-order valence-electron chi connectivity index (χ1n) is 3.77. The number of hydrogen-bond donors (Lipinski definition) is 0. The van der Waals surface area contributed by atoms with Crippen LogP contribution in [0.1, 0.15) is 5.56 Å². The van der Waals surface area contributed by atoms with Crippen LogP contribution in [0.5, 0.6) is 5.75 Å². The molecule has 2 aromatic heterocycles. The van der Waals surface area contributed by atoms with Crippen LogP contribution in [-0.2, 0) is 0 Å². The summed E-state index contributed by atoms with van der Waals surface area (Å²) in [5.74, 6) is 0.889. The fourth-order valence-electron chi connectivity index (χ4n) is 1.27. The predicted molar refractivity (Wildman–Crippen MR) is 46.5 cm³/mol. The molecule has 3 heteroatoms. The Morgan fingerprint density at radius 3 is 3.08 bits per heavy atom. The van der Waals surface area contributed by atoms with Crippen molar-refractivity contribution in [3.8, 4) is 5.75 Å². The fourth-order valence-corrected chi connectivity index (χ4v) is 1.27. The highest BCUT2D eigenvalue weighted by Crippen LogP contribution is 2.18. The van der Waals surface area contributed by atoms with Gasteiger partial charge >= 0.3 is 0 Å². The van der Waals surface area contributed by atoms with E-state index >= 15 is 0 Å². The van der Waals surface area contributed by atoms with E-state index in [0.29, 0.717) is 0 Å². The van der Waals surface area contributed by atoms with Crippen molar-refractivity contribution in [3.05, 3.63) is 30.4 Å². The summed E-state index contributed by atoms with van der Waals surface area (Å²) in [7, 11) is 1.67. The van der Waals surface area contributed by atoms with Gasteiger partial charge in [0.25, 0.3) is 0 Å². The molecule has 0 atom stereocenters. The van der Waals surface area contributed by atoms with Crippen molar-refractivity contribution in [3.63, 3.8) is 0 Å². The van der Waals surface area contributed by atoms with Gasteiger partial charge in [0.05, 0.1) is 31.3 Å². The Kier molecular flexibility index (Phi) is 1.50. The predicted octanol–water partition coefficient (Wildman–Crippen LogP) is 1.65. The van der Waals surface area contributed by atoms with E-state index in [-0.39, 0.29) is 0 Å². The lowest BCUT2D eigenvalue weighted by molar-refractivity contribution is 0.409. The minimum Gasteiger partial charge on any atom is -0.495 e. The van der Waals surface area contributed by atoms with Gasteiger partial charge < -0.3 is 9.14 Å². The van der Waals surface area contributed by atoms with Crippen molar-refractivity contribution in [2.75, 3.05) is 7.11 Å². The van der Waals surface area contributed by atoms with Gasteiger partial charge in [0.15, 0.2) is 0 Å². The number of rotatable bonds is 1. The van der Waals surface area contributed by atoms with E-state index in [1.54, 1.807) is 13.4 Å². The van der Waals surface area contributed by atoms with Crippen molar-refractivity contribution in [1.29, 1.82) is 0 Å². The molecule has 2 heterocycles. The summed E-state index contributed by atoms with van der Waals surface area (Å²) in [6.45, 7) is 2.02. The molecular weight excluding hydrogens is 152 g/mol. The Bertz CT molecular complexity index is 406. The van der Waals surface area contributed by atoms with Gasteiger partial charge in [-0.1, -0.05) is 0 Å². The zero-order chi connectivity index (χ0) is 8.55. The molecule has 0 aliphatic heterocycles. The van der Waals surface area contributed by atoms with Crippen LogP contribution >= 0.6 is 0 Å². The molecule has 0 N–H and O–H groups in total. The third-order valence-electron chi connectivity index (χ3n) is 1.93. The lowest BCUT2D eigenvalue weighted by Gasteiger charge is -2.04. The summed E-state index contributed by atoms with van der Waals surface area (Å²) in [6, 6.07) is 2.05. The number of aromatic nitrogens is 2. The van der Waals surface area contributed by atoms with E-state index in [0.717, 1.165) is 16.8 Å². The molecule has 0 spiro atoms. The van der Waals surface area contributed by atoms with Gasteiger partial charge in [-0.2, -0.15) is 0 Å². The smallest absolute Gasteiger partial charge is 0.138 e. The first kappa shape index (κ1) is 7.16. The summed E-state index contributed by atoms with van der Waals surface area (Å²) >= 11 is 0. The summed E-state index contributed by atoms with van der Waals surface area (Å²) in [5.41, 5.74) is 2.22. The normalized spacial score (nSPS) is 10.5. The van der Waals surface area contributed by atoms with Gasteiger partial charge in [-0.3, -0.25) is 0 Å². The van der Waals surface area contributed by atoms with Crippen molar-refractivity contribution < 1.29 is 4.74 Å². The number of hydrogen-bond acceptors (Lipinski definition) is 2. The molecule has 0 saturated heterocycles. The van der Waals surface area contributed by atoms with Crippen LogP contribution in [0.4, 0.5) is 0 Å². The van der Waals surface area contributed by atoms with E-state index < -0.39 is 0 Å². The van der Waals surface area contributed by atoms with E-state index in [4.69, 9.17) is 4.74 Å². The zero-order valence-corrected chi connectivity index (χ0v) is 7.11. The van der Waals surface area contributed by atoms with Gasteiger partial charge in [-0.15, -0.1) is 0 Å². The lowest BCUT2D eigenvalue weighted by Crippen LogP contribution is -1.90. The van der Waals surface area contributed by atoms with Crippen molar-refractivity contribution in [1.82, 2.24) is 9.38 Å². The number of ether oxygens (including phenoxy) is 1. The molecular formula is C9H10N2O. The number of methoxy groups -OCH3 is 1. The third kappa shape index (κ3) is 0.942. The van der Waals surface area contributed by atoms with Crippen molar-refractivity contribution in [2.24, 2.45) is 0 Å². The molecule has 0 aliphatic rings. The molecule has 62 valence electrons. The standard InChI is InChI=1S/C9H10N2O/c1-7-3-8-4-10-6-11(8)5-9(7)12-2/h3-6H,1-2H3. The second-order valence-electron chi connectivity index (χ2n) is 2.75. The molecule has 0 fully saturated rings. The molecule has 0 aliphatic carbocycles. The summed E-state index contributed by atoms with van der Waals surface area (Å²) in [4.78, 5) is 4.03. The van der Waals surface area contributed by atoms with E-state index in [1.807, 2.05) is 29.8 Å². The van der Waals surface area contributed by atoms with E-state index in [2.05, 4.69) is 4.98 Å².